The molecule has 0 aliphatic rings. The highest BCUT2D eigenvalue weighted by Gasteiger charge is 2.07. The first kappa shape index (κ1) is 16.1. The molecule has 0 unspecified atom stereocenters. The predicted molar refractivity (Wildman–Crippen MR) is 82.4 cm³/mol. The molecule has 0 spiro atoms. The van der Waals surface area contributed by atoms with Gasteiger partial charge in [-0.15, -0.1) is 12.4 Å². The van der Waals surface area contributed by atoms with Crippen LogP contribution in [0.2, 0.25) is 0 Å². The molecule has 0 heterocycles. The van der Waals surface area contributed by atoms with Gasteiger partial charge in [0.2, 0.25) is 5.91 Å². The molecule has 0 fully saturated rings. The molecular weight excluding hydrogens is 274 g/mol. The van der Waals surface area contributed by atoms with Crippen LogP contribution in [0, 0.1) is 0 Å². The molecular formula is C16H18ClNO2. The maximum Gasteiger partial charge on any atom is 0.249 e. The van der Waals surface area contributed by atoms with Crippen LogP contribution in [-0.2, 0) is 13.0 Å². The number of benzene rings is 2. The average Bonchev–Trinajstić information content (AvgIpc) is 2.46. The van der Waals surface area contributed by atoms with Crippen molar-refractivity contribution in [3.05, 3.63) is 65.2 Å². The minimum absolute atomic E-state index is 0. The largest absolute Gasteiger partial charge is 0.489 e. The fourth-order valence-corrected chi connectivity index (χ4v) is 1.87. The zero-order valence-corrected chi connectivity index (χ0v) is 12.2. The van der Waals surface area contributed by atoms with Gasteiger partial charge in [-0.3, -0.25) is 4.79 Å². The van der Waals surface area contributed by atoms with Crippen LogP contribution in [0.1, 0.15) is 28.4 Å². The Hall–Kier alpha value is -2.00. The van der Waals surface area contributed by atoms with E-state index in [1.807, 2.05) is 36.4 Å². The second-order valence-corrected chi connectivity index (χ2v) is 4.31. The lowest BCUT2D eigenvalue weighted by Gasteiger charge is -2.09. The van der Waals surface area contributed by atoms with E-state index in [4.69, 9.17) is 10.5 Å². The highest BCUT2D eigenvalue weighted by atomic mass is 35.5. The molecule has 0 radical (unpaired) electrons. The van der Waals surface area contributed by atoms with E-state index in [0.717, 1.165) is 17.7 Å². The first-order valence-electron chi connectivity index (χ1n) is 6.30. The molecule has 2 aromatic carbocycles. The van der Waals surface area contributed by atoms with Crippen molar-refractivity contribution in [2.45, 2.75) is 20.0 Å². The van der Waals surface area contributed by atoms with E-state index in [2.05, 4.69) is 6.92 Å². The third-order valence-electron chi connectivity index (χ3n) is 3.01. The molecule has 4 heteroatoms. The normalized spacial score (nSPS) is 9.65. The van der Waals surface area contributed by atoms with Gasteiger partial charge >= 0.3 is 0 Å². The van der Waals surface area contributed by atoms with Crippen molar-refractivity contribution in [3.8, 4) is 5.75 Å². The minimum Gasteiger partial charge on any atom is -0.489 e. The fourth-order valence-electron chi connectivity index (χ4n) is 1.87. The van der Waals surface area contributed by atoms with Crippen molar-refractivity contribution in [2.24, 2.45) is 5.73 Å². The van der Waals surface area contributed by atoms with Gasteiger partial charge in [-0.25, -0.2) is 0 Å². The van der Waals surface area contributed by atoms with Crippen molar-refractivity contribution < 1.29 is 9.53 Å². The molecule has 20 heavy (non-hydrogen) atoms. The maximum atomic E-state index is 11.3. The summed E-state index contributed by atoms with van der Waals surface area (Å²) in [5, 5.41) is 0. The van der Waals surface area contributed by atoms with E-state index < -0.39 is 5.91 Å². The lowest BCUT2D eigenvalue weighted by atomic mass is 10.1. The Labute approximate surface area is 125 Å². The van der Waals surface area contributed by atoms with Crippen molar-refractivity contribution in [1.29, 1.82) is 0 Å². The van der Waals surface area contributed by atoms with Gasteiger partial charge in [0.05, 0.1) is 0 Å². The van der Waals surface area contributed by atoms with Crippen molar-refractivity contribution in [2.75, 3.05) is 0 Å². The Balaban J connectivity index is 0.00000200. The summed E-state index contributed by atoms with van der Waals surface area (Å²) in [5.41, 5.74) is 7.90. The van der Waals surface area contributed by atoms with E-state index in [0.29, 0.717) is 12.2 Å². The number of primary amides is 1. The number of halogens is 1. The number of amides is 1. The second-order valence-electron chi connectivity index (χ2n) is 4.31. The smallest absolute Gasteiger partial charge is 0.249 e. The van der Waals surface area contributed by atoms with Gasteiger partial charge in [0.1, 0.15) is 12.4 Å². The summed E-state index contributed by atoms with van der Waals surface area (Å²) in [6.07, 6.45) is 1.00. The number of hydrogen-bond donors (Lipinski definition) is 1. The molecule has 0 aromatic heterocycles. The Morgan fingerprint density at radius 3 is 2.35 bits per heavy atom. The van der Waals surface area contributed by atoms with Crippen LogP contribution in [0.15, 0.2) is 48.5 Å². The van der Waals surface area contributed by atoms with E-state index in [9.17, 15) is 4.79 Å². The Kier molecular flexibility index (Phi) is 6.07. The molecule has 0 aliphatic carbocycles. The highest BCUT2D eigenvalue weighted by molar-refractivity contribution is 5.94. The van der Waals surface area contributed by atoms with E-state index >= 15 is 0 Å². The van der Waals surface area contributed by atoms with Crippen molar-refractivity contribution in [3.63, 3.8) is 0 Å². The molecule has 1 amide bonds. The topological polar surface area (TPSA) is 52.3 Å². The molecule has 0 aliphatic heterocycles. The molecule has 2 aromatic rings. The van der Waals surface area contributed by atoms with Gasteiger partial charge in [0.25, 0.3) is 0 Å². The zero-order chi connectivity index (χ0) is 13.7. The third-order valence-corrected chi connectivity index (χ3v) is 3.01. The van der Waals surface area contributed by atoms with E-state index in [1.54, 1.807) is 12.1 Å². The number of hydrogen-bond acceptors (Lipinski definition) is 2. The van der Waals surface area contributed by atoms with Gasteiger partial charge < -0.3 is 10.5 Å². The van der Waals surface area contributed by atoms with Crippen molar-refractivity contribution >= 4 is 18.3 Å². The monoisotopic (exact) mass is 291 g/mol. The van der Waals surface area contributed by atoms with Gasteiger partial charge in [-0.05, 0) is 30.2 Å². The van der Waals surface area contributed by atoms with Crippen LogP contribution in [0.5, 0.6) is 5.75 Å². The van der Waals surface area contributed by atoms with Gasteiger partial charge in [0.15, 0.2) is 0 Å². The summed E-state index contributed by atoms with van der Waals surface area (Å²) in [6, 6.07) is 15.2. The lowest BCUT2D eigenvalue weighted by molar-refractivity contribution is 0.0998. The number of carbonyl (C=O) groups excluding carboxylic acids is 1. The van der Waals surface area contributed by atoms with Crippen LogP contribution in [0.4, 0.5) is 0 Å². The number of ether oxygens (including phenoxy) is 1. The Morgan fingerprint density at radius 1 is 1.10 bits per heavy atom. The molecule has 0 bridgehead atoms. The molecule has 3 nitrogen and oxygen atoms in total. The van der Waals surface area contributed by atoms with Crippen LogP contribution in [-0.4, -0.2) is 5.91 Å². The maximum absolute atomic E-state index is 11.3. The van der Waals surface area contributed by atoms with Gasteiger partial charge in [-0.1, -0.05) is 37.3 Å². The first-order valence-corrected chi connectivity index (χ1v) is 6.30. The summed E-state index contributed by atoms with van der Waals surface area (Å²) < 4.78 is 5.67. The molecule has 0 saturated carbocycles. The number of carbonyl (C=O) groups is 1. The quantitative estimate of drug-likeness (QED) is 0.918. The highest BCUT2D eigenvalue weighted by Crippen LogP contribution is 2.16. The molecule has 0 atom stereocenters. The lowest BCUT2D eigenvalue weighted by Crippen LogP contribution is -2.14. The van der Waals surface area contributed by atoms with Crippen LogP contribution >= 0.6 is 12.4 Å². The predicted octanol–water partition coefficient (Wildman–Crippen LogP) is 3.35. The second kappa shape index (κ2) is 7.56. The SMILES string of the molecule is CCc1ccc(OCc2ccccc2C(N)=O)cc1.Cl. The summed E-state index contributed by atoms with van der Waals surface area (Å²) in [6.45, 7) is 2.45. The van der Waals surface area contributed by atoms with Crippen LogP contribution in [0.25, 0.3) is 0 Å². The van der Waals surface area contributed by atoms with Crippen LogP contribution in [0.3, 0.4) is 0 Å². The minimum atomic E-state index is -0.430. The standard InChI is InChI=1S/C16H17NO2.ClH/c1-2-12-7-9-14(10-8-12)19-11-13-5-3-4-6-15(13)16(17)18;/h3-10H,2,11H2,1H3,(H2,17,18);1H. The number of rotatable bonds is 5. The molecule has 2 N–H and O–H groups in total. The summed E-state index contributed by atoms with van der Waals surface area (Å²) in [4.78, 5) is 11.3. The number of nitrogens with two attached hydrogens (primary N) is 1. The third kappa shape index (κ3) is 4.00. The summed E-state index contributed by atoms with van der Waals surface area (Å²) in [5.74, 6) is 0.358. The van der Waals surface area contributed by atoms with E-state index in [1.165, 1.54) is 5.56 Å². The Bertz CT molecular complexity index is 567. The van der Waals surface area contributed by atoms with Gasteiger partial charge in [0, 0.05) is 11.1 Å². The number of aryl methyl sites for hydroxylation is 1. The van der Waals surface area contributed by atoms with E-state index in [-0.39, 0.29) is 12.4 Å². The molecule has 106 valence electrons. The molecule has 0 saturated heterocycles. The summed E-state index contributed by atoms with van der Waals surface area (Å²) in [7, 11) is 0. The fraction of sp³-hybridized carbons (Fsp3) is 0.188. The summed E-state index contributed by atoms with van der Waals surface area (Å²) >= 11 is 0. The first-order chi connectivity index (χ1) is 9.20. The zero-order valence-electron chi connectivity index (χ0n) is 11.3. The van der Waals surface area contributed by atoms with Crippen LogP contribution < -0.4 is 10.5 Å². The van der Waals surface area contributed by atoms with Crippen molar-refractivity contribution in [1.82, 2.24) is 0 Å². The van der Waals surface area contributed by atoms with Gasteiger partial charge in [-0.2, -0.15) is 0 Å². The molecule has 2 rings (SSSR count). The Morgan fingerprint density at radius 2 is 1.75 bits per heavy atom. The average molecular weight is 292 g/mol.